The summed E-state index contributed by atoms with van der Waals surface area (Å²) in [4.78, 5) is 12.2. The maximum Gasteiger partial charge on any atom is 0.750 e. The number of ketones is 1. The molecule has 22 heavy (non-hydrogen) atoms. The lowest BCUT2D eigenvalue weighted by Crippen LogP contribution is -2.11. The fourth-order valence-electron chi connectivity index (χ4n) is 2.40. The highest BCUT2D eigenvalue weighted by atomic mass is 31.1. The van der Waals surface area contributed by atoms with Crippen LogP contribution in [-0.2, 0) is 9.09 Å². The highest BCUT2D eigenvalue weighted by molar-refractivity contribution is 7.33. The monoisotopic (exact) mass is 317 g/mol. The second-order valence-electron chi connectivity index (χ2n) is 5.10. The number of Topliss-reactive ketones (excluding diaryl/α,β-unsaturated/α-hetero) is 1. The van der Waals surface area contributed by atoms with Gasteiger partial charge < -0.3 is 0 Å². The largest absolute Gasteiger partial charge is 0.750 e. The van der Waals surface area contributed by atoms with Crippen LogP contribution in [0.4, 0.5) is 0 Å². The van der Waals surface area contributed by atoms with Crippen molar-refractivity contribution in [2.45, 2.75) is 20.8 Å². The topological polar surface area (TPSA) is 52.6 Å². The highest BCUT2D eigenvalue weighted by Gasteiger charge is 2.25. The minimum Gasteiger partial charge on any atom is -0.291 e. The summed E-state index contributed by atoms with van der Waals surface area (Å²) >= 11 is 0. The molecule has 0 saturated carbocycles. The van der Waals surface area contributed by atoms with Gasteiger partial charge in [0.05, 0.1) is 0 Å². The Morgan fingerprint density at radius 3 is 2.23 bits per heavy atom. The van der Waals surface area contributed by atoms with Crippen LogP contribution in [0.3, 0.4) is 0 Å². The number of benzene rings is 2. The van der Waals surface area contributed by atoms with Gasteiger partial charge in [-0.15, -0.1) is 4.52 Å². The summed E-state index contributed by atoms with van der Waals surface area (Å²) < 4.78 is 21.9. The summed E-state index contributed by atoms with van der Waals surface area (Å²) in [6.07, 6.45) is 0. The number of para-hydroxylation sites is 1. The van der Waals surface area contributed by atoms with E-state index in [1.54, 1.807) is 24.3 Å². The van der Waals surface area contributed by atoms with Gasteiger partial charge in [-0.3, -0.25) is 4.79 Å². The molecule has 0 radical (unpaired) electrons. The van der Waals surface area contributed by atoms with E-state index >= 15 is 0 Å². The molecule has 5 heteroatoms. The van der Waals surface area contributed by atoms with Gasteiger partial charge in [-0.25, -0.2) is 4.52 Å². The van der Waals surface area contributed by atoms with Gasteiger partial charge >= 0.3 is 8.25 Å². The lowest BCUT2D eigenvalue weighted by Gasteiger charge is -2.08. The molecular weight excluding hydrogens is 299 g/mol. The Morgan fingerprint density at radius 2 is 1.64 bits per heavy atom. The predicted molar refractivity (Wildman–Crippen MR) is 85.6 cm³/mol. The molecule has 0 aliphatic heterocycles. The Hall–Kier alpha value is -2.03. The van der Waals surface area contributed by atoms with Crippen molar-refractivity contribution in [3.8, 4) is 5.75 Å². The minimum atomic E-state index is -2.38. The third kappa shape index (κ3) is 4.23. The molecule has 2 aromatic carbocycles. The summed E-state index contributed by atoms with van der Waals surface area (Å²) in [5.74, 6) is 0.244. The highest BCUT2D eigenvalue weighted by Crippen LogP contribution is 2.28. The maximum atomic E-state index is 12.2. The number of carbonyl (C=O) groups is 1. The normalized spacial score (nSPS) is 11.1. The zero-order chi connectivity index (χ0) is 16.1. The maximum absolute atomic E-state index is 12.2. The molecule has 0 heterocycles. The van der Waals surface area contributed by atoms with Crippen molar-refractivity contribution in [2.75, 3.05) is 6.61 Å². The number of carbonyl (C=O) groups excluding carboxylic acids is 1. The molecular formula is C17H18O4P+. The van der Waals surface area contributed by atoms with Gasteiger partial charge in [0.2, 0.25) is 0 Å². The molecule has 0 saturated heterocycles. The molecule has 1 unspecified atom stereocenters. The Kier molecular flexibility index (Phi) is 5.42. The summed E-state index contributed by atoms with van der Waals surface area (Å²) in [6, 6.07) is 12.6. The first-order valence-corrected chi connectivity index (χ1v) is 8.01. The number of aryl methyl sites for hydroxylation is 3. The summed E-state index contributed by atoms with van der Waals surface area (Å²) in [5.41, 5.74) is 3.51. The molecule has 0 aliphatic carbocycles. The molecule has 114 valence electrons. The van der Waals surface area contributed by atoms with E-state index in [1.165, 1.54) is 0 Å². The zero-order valence-electron chi connectivity index (χ0n) is 12.8. The third-order valence-corrected chi connectivity index (χ3v) is 3.88. The van der Waals surface area contributed by atoms with Gasteiger partial charge in [0.25, 0.3) is 0 Å². The first-order chi connectivity index (χ1) is 10.5. The fourth-order valence-corrected chi connectivity index (χ4v) is 2.97. The van der Waals surface area contributed by atoms with Crippen molar-refractivity contribution in [1.82, 2.24) is 0 Å². The van der Waals surface area contributed by atoms with Crippen LogP contribution in [0.25, 0.3) is 0 Å². The lowest BCUT2D eigenvalue weighted by atomic mass is 9.97. The Morgan fingerprint density at radius 1 is 1.05 bits per heavy atom. The quantitative estimate of drug-likeness (QED) is 0.579. The van der Waals surface area contributed by atoms with Crippen LogP contribution in [0.1, 0.15) is 27.0 Å². The van der Waals surface area contributed by atoms with Crippen LogP contribution >= 0.6 is 8.25 Å². The van der Waals surface area contributed by atoms with Crippen molar-refractivity contribution in [1.29, 1.82) is 0 Å². The van der Waals surface area contributed by atoms with E-state index in [-0.39, 0.29) is 12.4 Å². The molecule has 0 fully saturated rings. The number of rotatable bonds is 6. The molecule has 0 spiro atoms. The minimum absolute atomic E-state index is 0.199. The summed E-state index contributed by atoms with van der Waals surface area (Å²) in [7, 11) is -2.38. The molecule has 1 atom stereocenters. The van der Waals surface area contributed by atoms with Gasteiger partial charge in [-0.2, -0.15) is 0 Å². The second kappa shape index (κ2) is 7.30. The molecule has 4 nitrogen and oxygen atoms in total. The lowest BCUT2D eigenvalue weighted by molar-refractivity contribution is 0.0917. The van der Waals surface area contributed by atoms with Crippen LogP contribution in [0, 0.1) is 20.8 Å². The van der Waals surface area contributed by atoms with Gasteiger partial charge in [-0.05, 0) is 44.0 Å². The zero-order valence-corrected chi connectivity index (χ0v) is 13.7. The van der Waals surface area contributed by atoms with Crippen molar-refractivity contribution in [2.24, 2.45) is 0 Å². The molecule has 0 N–H and O–H groups in total. The average molecular weight is 317 g/mol. The summed E-state index contributed by atoms with van der Waals surface area (Å²) in [6.45, 7) is 5.48. The van der Waals surface area contributed by atoms with Crippen molar-refractivity contribution in [3.63, 3.8) is 0 Å². The smallest absolute Gasteiger partial charge is 0.291 e. The standard InChI is InChI=1S/C17H18O4P/c1-12-9-13(2)17(14(3)10-12)16(18)11-20-22(19)21-15-7-5-4-6-8-15/h4-10H,11H2,1-3H3/q+1. The molecule has 2 rings (SSSR count). The average Bonchev–Trinajstić information content (AvgIpc) is 2.45. The second-order valence-corrected chi connectivity index (χ2v) is 5.99. The van der Waals surface area contributed by atoms with E-state index in [0.29, 0.717) is 11.3 Å². The van der Waals surface area contributed by atoms with Crippen LogP contribution < -0.4 is 4.52 Å². The molecule has 2 aromatic rings. The van der Waals surface area contributed by atoms with Crippen molar-refractivity contribution < 1.29 is 18.4 Å². The van der Waals surface area contributed by atoms with Gasteiger partial charge in [0, 0.05) is 10.1 Å². The Labute approximate surface area is 131 Å². The van der Waals surface area contributed by atoms with Crippen LogP contribution in [0.2, 0.25) is 0 Å². The van der Waals surface area contributed by atoms with Crippen LogP contribution in [0.15, 0.2) is 42.5 Å². The van der Waals surface area contributed by atoms with Crippen LogP contribution in [0.5, 0.6) is 5.75 Å². The van der Waals surface area contributed by atoms with E-state index in [4.69, 9.17) is 9.05 Å². The Balaban J connectivity index is 1.97. The van der Waals surface area contributed by atoms with E-state index in [0.717, 1.165) is 16.7 Å². The van der Waals surface area contributed by atoms with Crippen molar-refractivity contribution >= 4 is 14.0 Å². The molecule has 0 bridgehead atoms. The van der Waals surface area contributed by atoms with Crippen LogP contribution in [-0.4, -0.2) is 12.4 Å². The Bertz CT molecular complexity index is 672. The van der Waals surface area contributed by atoms with E-state index in [9.17, 15) is 9.36 Å². The van der Waals surface area contributed by atoms with E-state index in [2.05, 4.69) is 0 Å². The third-order valence-electron chi connectivity index (χ3n) is 3.18. The van der Waals surface area contributed by atoms with Crippen molar-refractivity contribution in [3.05, 3.63) is 64.7 Å². The fraction of sp³-hybridized carbons (Fsp3) is 0.235. The van der Waals surface area contributed by atoms with Gasteiger partial charge in [0.15, 0.2) is 18.1 Å². The SMILES string of the molecule is Cc1cc(C)c(C(=O)CO[P+](=O)Oc2ccccc2)c(C)c1. The predicted octanol–water partition coefficient (Wildman–Crippen LogP) is 4.55. The first kappa shape index (κ1) is 16.3. The number of hydrogen-bond acceptors (Lipinski definition) is 4. The summed E-state index contributed by atoms with van der Waals surface area (Å²) in [5, 5.41) is 0. The molecule has 0 aliphatic rings. The first-order valence-electron chi connectivity index (χ1n) is 6.91. The van der Waals surface area contributed by atoms with E-state index in [1.807, 2.05) is 39.0 Å². The van der Waals surface area contributed by atoms with Gasteiger partial charge in [-0.1, -0.05) is 35.9 Å². The number of hydrogen-bond donors (Lipinski definition) is 0. The van der Waals surface area contributed by atoms with E-state index < -0.39 is 8.25 Å². The molecule has 0 aromatic heterocycles. The van der Waals surface area contributed by atoms with Gasteiger partial charge in [0.1, 0.15) is 0 Å². The molecule has 0 amide bonds.